The number of rotatable bonds is 16. The van der Waals surface area contributed by atoms with Gasteiger partial charge in [-0.1, -0.05) is 23.3 Å². The molecule has 70 heavy (non-hydrogen) atoms. The number of carboxylic acid groups (broad SMARTS) is 2. The van der Waals surface area contributed by atoms with Gasteiger partial charge < -0.3 is 39.0 Å². The first kappa shape index (κ1) is 48.7. The van der Waals surface area contributed by atoms with Gasteiger partial charge in [-0.25, -0.2) is 28.9 Å². The van der Waals surface area contributed by atoms with Crippen LogP contribution in [0.2, 0.25) is 0 Å². The zero-order valence-electron chi connectivity index (χ0n) is 41.0. The van der Waals surface area contributed by atoms with E-state index in [1.54, 1.807) is 47.4 Å². The van der Waals surface area contributed by atoms with Crippen molar-refractivity contribution < 1.29 is 48.3 Å². The van der Waals surface area contributed by atoms with Gasteiger partial charge in [0.15, 0.2) is 0 Å². The van der Waals surface area contributed by atoms with Crippen LogP contribution in [-0.2, 0) is 46.4 Å². The molecule has 2 N–H and O–H groups in total. The predicted molar refractivity (Wildman–Crippen MR) is 251 cm³/mol. The maximum atomic E-state index is 12.4. The van der Waals surface area contributed by atoms with E-state index in [0.717, 1.165) is 25.7 Å². The SMILES string of the molecule is Cc1nc(-c2nnn(C)c2COC(=O)N(C)CC2CCC2)ccc1O[C@@H]1C[C@H]2C[C@H]2[C@H](C(=O)O)C1.Cc1nc(-c2nnn(C)c2COC(=O)N(C)CC2CCC2)ccc1O[C@H]1C[C@H]2C[C@H]2[C@H](C(=O)O)C1. The van der Waals surface area contributed by atoms with Crippen molar-refractivity contribution in [2.24, 2.45) is 61.4 Å². The third kappa shape index (κ3) is 11.0. The number of aromatic nitrogens is 8. The second-order valence-electron chi connectivity index (χ2n) is 20.7. The zero-order chi connectivity index (χ0) is 49.4. The smallest absolute Gasteiger partial charge is 0.409 e. The summed E-state index contributed by atoms with van der Waals surface area (Å²) in [6, 6.07) is 7.34. The van der Waals surface area contributed by atoms with E-state index in [-0.39, 0.29) is 49.4 Å². The molecule has 0 saturated heterocycles. The van der Waals surface area contributed by atoms with Crippen LogP contribution in [0.5, 0.6) is 11.5 Å². The highest BCUT2D eigenvalue weighted by atomic mass is 16.6. The summed E-state index contributed by atoms with van der Waals surface area (Å²) in [5.41, 5.74) is 5.06. The molecule has 8 atom stereocenters. The number of nitrogens with zero attached hydrogens (tertiary/aromatic N) is 10. The monoisotopic (exact) mass is 966 g/mol. The standard InChI is InChI=1S/2C25H33N5O5/c2*1-14-22(35-17-9-16-10-18(16)19(11-17)24(31)32)8-7-20(26-14)23-21(30(3)28-27-23)13-34-25(33)29(2)12-15-5-4-6-15/h2*7-8,15-19H,4-6,9-13H2,1-3H3,(H,31,32)/t16-,17+,18+,19+;16-,17-,18+,19+/m00/s1. The van der Waals surface area contributed by atoms with E-state index in [4.69, 9.17) is 18.9 Å². The summed E-state index contributed by atoms with van der Waals surface area (Å²) in [7, 11) is 7.05. The van der Waals surface area contributed by atoms with E-state index >= 15 is 0 Å². The molecule has 6 aliphatic carbocycles. The second-order valence-corrected chi connectivity index (χ2v) is 20.7. The maximum absolute atomic E-state index is 12.4. The van der Waals surface area contributed by atoms with Crippen LogP contribution in [0.15, 0.2) is 24.3 Å². The molecule has 6 fully saturated rings. The topological polar surface area (TPSA) is 239 Å². The Kier molecular flexibility index (Phi) is 14.3. The Balaban J connectivity index is 0.000000174. The lowest BCUT2D eigenvalue weighted by Gasteiger charge is -2.29. The quantitative estimate of drug-likeness (QED) is 0.117. The molecule has 4 heterocycles. The first-order valence-corrected chi connectivity index (χ1v) is 24.9. The van der Waals surface area contributed by atoms with Crippen molar-refractivity contribution in [3.05, 3.63) is 47.0 Å². The minimum atomic E-state index is -0.721. The molecule has 0 bridgehead atoms. The Hall–Kier alpha value is -6.34. The van der Waals surface area contributed by atoms with Crippen LogP contribution in [0.3, 0.4) is 0 Å². The first-order valence-electron chi connectivity index (χ1n) is 24.9. The summed E-state index contributed by atoms with van der Waals surface area (Å²) in [5.74, 6) is 1.92. The van der Waals surface area contributed by atoms with Crippen LogP contribution in [0.4, 0.5) is 9.59 Å². The lowest BCUT2D eigenvalue weighted by atomic mass is 9.85. The van der Waals surface area contributed by atoms with Crippen molar-refractivity contribution in [1.29, 1.82) is 0 Å². The lowest BCUT2D eigenvalue weighted by molar-refractivity contribution is -0.145. The number of carboxylic acids is 2. The third-order valence-electron chi connectivity index (χ3n) is 15.6. The maximum Gasteiger partial charge on any atom is 0.409 e. The molecule has 20 nitrogen and oxygen atoms in total. The minimum absolute atomic E-state index is 0.0485. The van der Waals surface area contributed by atoms with Crippen LogP contribution >= 0.6 is 0 Å². The zero-order valence-corrected chi connectivity index (χ0v) is 41.0. The van der Waals surface area contributed by atoms with Crippen molar-refractivity contribution in [3.8, 4) is 34.3 Å². The van der Waals surface area contributed by atoms with Crippen LogP contribution in [0.25, 0.3) is 22.8 Å². The Morgan fingerprint density at radius 2 is 1.01 bits per heavy atom. The summed E-state index contributed by atoms with van der Waals surface area (Å²) in [6.07, 6.45) is 11.0. The molecule has 0 spiro atoms. The molecule has 0 radical (unpaired) electrons. The number of carbonyl (C=O) groups excluding carboxylic acids is 2. The van der Waals surface area contributed by atoms with Gasteiger partial charge in [-0.15, -0.1) is 10.2 Å². The van der Waals surface area contributed by atoms with Gasteiger partial charge in [-0.05, 0) is 138 Å². The predicted octanol–water partition coefficient (Wildman–Crippen LogP) is 6.86. The fourth-order valence-electron chi connectivity index (χ4n) is 10.8. The molecule has 10 rings (SSSR count). The number of fused-ring (bicyclic) bond motifs is 2. The molecule has 20 heteroatoms. The van der Waals surface area contributed by atoms with Crippen molar-refractivity contribution in [3.63, 3.8) is 0 Å². The summed E-state index contributed by atoms with van der Waals surface area (Å²) < 4.78 is 26.7. The number of hydrogen-bond donors (Lipinski definition) is 2. The molecular formula is C50H66N10O10. The molecule has 6 aliphatic rings. The summed E-state index contributed by atoms with van der Waals surface area (Å²) >= 11 is 0. The third-order valence-corrected chi connectivity index (χ3v) is 15.6. The van der Waals surface area contributed by atoms with E-state index in [2.05, 4.69) is 30.6 Å². The van der Waals surface area contributed by atoms with Crippen molar-refractivity contribution >= 4 is 24.1 Å². The van der Waals surface area contributed by atoms with E-state index < -0.39 is 11.9 Å². The van der Waals surface area contributed by atoms with Gasteiger partial charge in [0.2, 0.25) is 0 Å². The fourth-order valence-corrected chi connectivity index (χ4v) is 10.8. The number of carbonyl (C=O) groups is 4. The Morgan fingerprint density at radius 1 is 0.614 bits per heavy atom. The molecule has 0 unspecified atom stereocenters. The van der Waals surface area contributed by atoms with Gasteiger partial charge in [0.25, 0.3) is 0 Å². The van der Waals surface area contributed by atoms with Gasteiger partial charge in [0.1, 0.15) is 47.5 Å². The van der Waals surface area contributed by atoms with Gasteiger partial charge in [0.05, 0.1) is 46.8 Å². The number of amides is 2. The molecule has 4 aromatic heterocycles. The molecular weight excluding hydrogens is 901 g/mol. The number of ether oxygens (including phenoxy) is 4. The van der Waals surface area contributed by atoms with Gasteiger partial charge in [-0.2, -0.15) is 0 Å². The largest absolute Gasteiger partial charge is 0.488 e. The van der Waals surface area contributed by atoms with E-state index in [0.29, 0.717) is 118 Å². The van der Waals surface area contributed by atoms with Crippen molar-refractivity contribution in [2.75, 3.05) is 27.2 Å². The van der Waals surface area contributed by atoms with Gasteiger partial charge in [0, 0.05) is 41.3 Å². The summed E-state index contributed by atoms with van der Waals surface area (Å²) in [5, 5.41) is 35.7. The van der Waals surface area contributed by atoms with E-state index in [1.165, 1.54) is 38.5 Å². The number of aliphatic carboxylic acids is 2. The van der Waals surface area contributed by atoms with Crippen molar-refractivity contribution in [2.45, 2.75) is 116 Å². The molecule has 0 aromatic carbocycles. The van der Waals surface area contributed by atoms with E-state index in [9.17, 15) is 29.4 Å². The highest BCUT2D eigenvalue weighted by Crippen LogP contribution is 2.54. The van der Waals surface area contributed by atoms with Crippen molar-refractivity contribution in [1.82, 2.24) is 49.8 Å². The fraction of sp³-hybridized carbons (Fsp3) is 0.640. The molecule has 6 saturated carbocycles. The van der Waals surface area contributed by atoms with Gasteiger partial charge >= 0.3 is 24.1 Å². The Morgan fingerprint density at radius 3 is 1.36 bits per heavy atom. The Bertz CT molecular complexity index is 2400. The van der Waals surface area contributed by atoms with E-state index in [1.807, 2.05) is 38.1 Å². The first-order chi connectivity index (χ1) is 33.6. The molecule has 0 aliphatic heterocycles. The minimum Gasteiger partial charge on any atom is -0.488 e. The average molecular weight is 967 g/mol. The Labute approximate surface area is 407 Å². The molecule has 2 amide bonds. The van der Waals surface area contributed by atoms with Crippen LogP contribution in [0, 0.1) is 61.2 Å². The normalized spacial score (nSPS) is 25.3. The number of pyridine rings is 2. The second kappa shape index (κ2) is 20.6. The summed E-state index contributed by atoms with van der Waals surface area (Å²) in [6.45, 7) is 5.25. The van der Waals surface area contributed by atoms with Crippen LogP contribution in [0.1, 0.15) is 99.8 Å². The van der Waals surface area contributed by atoms with Gasteiger partial charge in [-0.3, -0.25) is 9.59 Å². The van der Waals surface area contributed by atoms with Crippen LogP contribution in [-0.4, -0.2) is 123 Å². The average Bonchev–Trinajstić information content (AvgIpc) is 4.20. The van der Waals surface area contributed by atoms with Crippen LogP contribution < -0.4 is 9.47 Å². The molecule has 376 valence electrons. The number of hydrogen-bond acceptors (Lipinski definition) is 14. The highest BCUT2D eigenvalue weighted by Gasteiger charge is 2.53. The lowest BCUT2D eigenvalue weighted by Crippen LogP contribution is -2.34. The molecule has 4 aromatic rings. The summed E-state index contributed by atoms with van der Waals surface area (Å²) in [4.78, 5) is 60.6. The number of aryl methyl sites for hydroxylation is 4. The highest BCUT2D eigenvalue weighted by molar-refractivity contribution is 5.72.